The summed E-state index contributed by atoms with van der Waals surface area (Å²) in [6.07, 6.45) is 3.98. The molecule has 1 aromatic heterocycles. The third-order valence-electron chi connectivity index (χ3n) is 5.83. The standard InChI is InChI=1S/C20H35N7O2/c1-4-5-8-21-20(22-15-18-24-23-16(2)25(18)3)27-9-6-17(7-10-27)19(28)26-11-13-29-14-12-26/h17H,4-15H2,1-3H3,(H,21,22). The predicted octanol–water partition coefficient (Wildman–Crippen LogP) is 0.940. The normalized spacial score (nSPS) is 18.9. The average Bonchev–Trinajstić information content (AvgIpc) is 3.08. The van der Waals surface area contributed by atoms with Gasteiger partial charge in [0.2, 0.25) is 5.91 Å². The summed E-state index contributed by atoms with van der Waals surface area (Å²) in [6, 6.07) is 0. The number of hydrogen-bond donors (Lipinski definition) is 1. The molecular weight excluding hydrogens is 370 g/mol. The third kappa shape index (κ3) is 5.68. The van der Waals surface area contributed by atoms with Crippen LogP contribution in [0.5, 0.6) is 0 Å². The largest absolute Gasteiger partial charge is 0.378 e. The van der Waals surface area contributed by atoms with Crippen molar-refractivity contribution in [2.24, 2.45) is 18.0 Å². The van der Waals surface area contributed by atoms with Crippen LogP contribution in [0.15, 0.2) is 4.99 Å². The van der Waals surface area contributed by atoms with Crippen LogP contribution in [0.1, 0.15) is 44.3 Å². The quantitative estimate of drug-likeness (QED) is 0.431. The van der Waals surface area contributed by atoms with Crippen LogP contribution in [-0.4, -0.2) is 82.4 Å². The number of ether oxygens (including phenoxy) is 1. The van der Waals surface area contributed by atoms with Crippen LogP contribution in [0.4, 0.5) is 0 Å². The Balaban J connectivity index is 1.58. The van der Waals surface area contributed by atoms with Crippen molar-refractivity contribution >= 4 is 11.9 Å². The second kappa shape index (κ2) is 10.6. The molecule has 2 aliphatic heterocycles. The molecule has 1 amide bonds. The molecule has 2 fully saturated rings. The number of carbonyl (C=O) groups is 1. The molecule has 9 heteroatoms. The number of guanidine groups is 1. The molecule has 0 aromatic carbocycles. The van der Waals surface area contributed by atoms with E-state index in [4.69, 9.17) is 9.73 Å². The van der Waals surface area contributed by atoms with Crippen molar-refractivity contribution in [2.75, 3.05) is 45.9 Å². The summed E-state index contributed by atoms with van der Waals surface area (Å²) >= 11 is 0. The topological polar surface area (TPSA) is 87.9 Å². The minimum Gasteiger partial charge on any atom is -0.378 e. The Morgan fingerprint density at radius 1 is 1.17 bits per heavy atom. The molecule has 2 saturated heterocycles. The Morgan fingerprint density at radius 2 is 1.90 bits per heavy atom. The second-order valence-corrected chi connectivity index (χ2v) is 7.84. The lowest BCUT2D eigenvalue weighted by Crippen LogP contribution is -2.50. The molecule has 162 valence electrons. The fourth-order valence-corrected chi connectivity index (χ4v) is 3.76. The van der Waals surface area contributed by atoms with Gasteiger partial charge in [0.15, 0.2) is 11.8 Å². The monoisotopic (exact) mass is 405 g/mol. The molecule has 0 radical (unpaired) electrons. The number of hydrogen-bond acceptors (Lipinski definition) is 5. The first-order chi connectivity index (χ1) is 14.1. The maximum absolute atomic E-state index is 12.8. The van der Waals surface area contributed by atoms with Crippen molar-refractivity contribution in [2.45, 2.75) is 46.1 Å². The minimum atomic E-state index is 0.114. The van der Waals surface area contributed by atoms with Crippen LogP contribution < -0.4 is 5.32 Å². The molecule has 1 aromatic rings. The van der Waals surface area contributed by atoms with Crippen LogP contribution in [0.2, 0.25) is 0 Å². The minimum absolute atomic E-state index is 0.114. The first-order valence-electron chi connectivity index (χ1n) is 10.8. The molecule has 0 aliphatic carbocycles. The summed E-state index contributed by atoms with van der Waals surface area (Å²) in [5.74, 6) is 3.06. The molecule has 0 spiro atoms. The van der Waals surface area contributed by atoms with Crippen LogP contribution >= 0.6 is 0 Å². The van der Waals surface area contributed by atoms with E-state index in [0.717, 1.165) is 76.0 Å². The Hall–Kier alpha value is -2.16. The molecule has 0 saturated carbocycles. The number of carbonyl (C=O) groups excluding carboxylic acids is 1. The second-order valence-electron chi connectivity index (χ2n) is 7.84. The highest BCUT2D eigenvalue weighted by Crippen LogP contribution is 2.20. The number of nitrogens with one attached hydrogen (secondary N) is 1. The number of aryl methyl sites for hydroxylation is 1. The molecule has 1 N–H and O–H groups in total. The average molecular weight is 406 g/mol. The number of likely N-dealkylation sites (tertiary alicyclic amines) is 1. The zero-order valence-corrected chi connectivity index (χ0v) is 18.1. The summed E-state index contributed by atoms with van der Waals surface area (Å²) in [5, 5.41) is 11.8. The number of nitrogens with zero attached hydrogens (tertiary/aromatic N) is 6. The van der Waals surface area contributed by atoms with Crippen LogP contribution in [-0.2, 0) is 23.1 Å². The van der Waals surface area contributed by atoms with E-state index in [1.807, 2.05) is 23.4 Å². The summed E-state index contributed by atoms with van der Waals surface area (Å²) in [6.45, 7) is 9.98. The smallest absolute Gasteiger partial charge is 0.225 e. The lowest BCUT2D eigenvalue weighted by molar-refractivity contribution is -0.140. The molecule has 2 aliphatic rings. The van der Waals surface area contributed by atoms with Gasteiger partial charge in [-0.05, 0) is 26.2 Å². The molecule has 3 rings (SSSR count). The molecule has 29 heavy (non-hydrogen) atoms. The Labute approximate surface area is 173 Å². The number of aliphatic imine (C=N–C) groups is 1. The maximum atomic E-state index is 12.8. The van der Waals surface area contributed by atoms with Gasteiger partial charge in [0.05, 0.1) is 13.2 Å². The van der Waals surface area contributed by atoms with Gasteiger partial charge in [-0.1, -0.05) is 13.3 Å². The van der Waals surface area contributed by atoms with Gasteiger partial charge >= 0.3 is 0 Å². The first kappa shape index (κ1) is 21.5. The summed E-state index contributed by atoms with van der Waals surface area (Å²) < 4.78 is 7.34. The van der Waals surface area contributed by atoms with Gasteiger partial charge in [-0.25, -0.2) is 4.99 Å². The number of aromatic nitrogens is 3. The lowest BCUT2D eigenvalue weighted by atomic mass is 9.95. The SMILES string of the molecule is CCCCNC(=NCc1nnc(C)n1C)N1CCC(C(=O)N2CCOCC2)CC1. The van der Waals surface area contributed by atoms with Gasteiger partial charge in [-0.2, -0.15) is 0 Å². The number of amides is 1. The van der Waals surface area contributed by atoms with Gasteiger partial charge < -0.3 is 24.4 Å². The Bertz CT molecular complexity index is 689. The highest BCUT2D eigenvalue weighted by molar-refractivity contribution is 5.82. The fourth-order valence-electron chi connectivity index (χ4n) is 3.76. The molecular formula is C20H35N7O2. The first-order valence-corrected chi connectivity index (χ1v) is 10.8. The highest BCUT2D eigenvalue weighted by Gasteiger charge is 2.30. The number of piperidine rings is 1. The molecule has 3 heterocycles. The van der Waals surface area contributed by atoms with Crippen molar-refractivity contribution < 1.29 is 9.53 Å². The van der Waals surface area contributed by atoms with Crippen LogP contribution in [0.3, 0.4) is 0 Å². The van der Waals surface area contributed by atoms with Gasteiger partial charge in [-0.3, -0.25) is 4.79 Å². The highest BCUT2D eigenvalue weighted by atomic mass is 16.5. The fraction of sp³-hybridized carbons (Fsp3) is 0.800. The lowest BCUT2D eigenvalue weighted by Gasteiger charge is -2.36. The number of morpholine rings is 1. The van der Waals surface area contributed by atoms with Gasteiger partial charge in [0.25, 0.3) is 0 Å². The van der Waals surface area contributed by atoms with E-state index >= 15 is 0 Å². The number of rotatable bonds is 6. The van der Waals surface area contributed by atoms with E-state index < -0.39 is 0 Å². The van der Waals surface area contributed by atoms with Gasteiger partial charge in [0, 0.05) is 45.7 Å². The van der Waals surface area contributed by atoms with Crippen LogP contribution in [0, 0.1) is 12.8 Å². The van der Waals surface area contributed by atoms with E-state index in [-0.39, 0.29) is 5.92 Å². The maximum Gasteiger partial charge on any atom is 0.225 e. The van der Waals surface area contributed by atoms with Crippen molar-refractivity contribution in [1.29, 1.82) is 0 Å². The van der Waals surface area contributed by atoms with Crippen molar-refractivity contribution in [3.05, 3.63) is 11.6 Å². The zero-order valence-electron chi connectivity index (χ0n) is 18.1. The molecule has 0 unspecified atom stereocenters. The summed E-state index contributed by atoms with van der Waals surface area (Å²) in [7, 11) is 1.97. The van der Waals surface area contributed by atoms with Gasteiger partial charge in [0.1, 0.15) is 12.4 Å². The van der Waals surface area contributed by atoms with Crippen molar-refractivity contribution in [3.63, 3.8) is 0 Å². The van der Waals surface area contributed by atoms with E-state index in [0.29, 0.717) is 25.7 Å². The summed E-state index contributed by atoms with van der Waals surface area (Å²) in [5.41, 5.74) is 0. The van der Waals surface area contributed by atoms with E-state index in [9.17, 15) is 4.79 Å². The Kier molecular flexibility index (Phi) is 7.85. The molecule has 9 nitrogen and oxygen atoms in total. The van der Waals surface area contributed by atoms with E-state index in [1.165, 1.54) is 0 Å². The van der Waals surface area contributed by atoms with Crippen molar-refractivity contribution in [3.8, 4) is 0 Å². The Morgan fingerprint density at radius 3 is 2.52 bits per heavy atom. The van der Waals surface area contributed by atoms with E-state index in [2.05, 4.69) is 27.3 Å². The predicted molar refractivity (Wildman–Crippen MR) is 111 cm³/mol. The zero-order chi connectivity index (χ0) is 20.6. The van der Waals surface area contributed by atoms with Gasteiger partial charge in [-0.15, -0.1) is 10.2 Å². The molecule has 0 atom stereocenters. The molecule has 0 bridgehead atoms. The van der Waals surface area contributed by atoms with Crippen LogP contribution in [0.25, 0.3) is 0 Å². The van der Waals surface area contributed by atoms with E-state index in [1.54, 1.807) is 0 Å². The number of unbranched alkanes of at least 4 members (excludes halogenated alkanes) is 1. The third-order valence-corrected chi connectivity index (χ3v) is 5.83. The van der Waals surface area contributed by atoms with Crippen molar-refractivity contribution in [1.82, 2.24) is 29.9 Å². The summed E-state index contributed by atoms with van der Waals surface area (Å²) in [4.78, 5) is 21.8.